The zero-order chi connectivity index (χ0) is 17.6. The van der Waals surface area contributed by atoms with E-state index >= 15 is 0 Å². The fraction of sp³-hybridized carbons (Fsp3) is 0.579. The SMILES string of the molecule is Cl.O=C(CCC1CCNC1)N1CCCN(C(=O)c2ccccc2F)CC1. The zero-order valence-electron chi connectivity index (χ0n) is 15.0. The van der Waals surface area contributed by atoms with Crippen molar-refractivity contribution in [2.24, 2.45) is 5.92 Å². The summed E-state index contributed by atoms with van der Waals surface area (Å²) >= 11 is 0. The summed E-state index contributed by atoms with van der Waals surface area (Å²) in [5.41, 5.74) is 0.107. The minimum atomic E-state index is -0.491. The number of carbonyl (C=O) groups is 2. The van der Waals surface area contributed by atoms with Crippen molar-refractivity contribution in [3.8, 4) is 0 Å². The Kier molecular flexibility index (Phi) is 7.85. The number of nitrogens with one attached hydrogen (secondary N) is 1. The van der Waals surface area contributed by atoms with Crippen molar-refractivity contribution in [3.63, 3.8) is 0 Å². The van der Waals surface area contributed by atoms with Gasteiger partial charge in [0.15, 0.2) is 0 Å². The first-order chi connectivity index (χ1) is 12.1. The second-order valence-corrected chi connectivity index (χ2v) is 6.90. The molecule has 26 heavy (non-hydrogen) atoms. The summed E-state index contributed by atoms with van der Waals surface area (Å²) in [6, 6.07) is 6.07. The summed E-state index contributed by atoms with van der Waals surface area (Å²) in [4.78, 5) is 28.5. The van der Waals surface area contributed by atoms with Gasteiger partial charge in [-0.3, -0.25) is 9.59 Å². The summed E-state index contributed by atoms with van der Waals surface area (Å²) in [5.74, 6) is 0.00133. The van der Waals surface area contributed by atoms with Crippen LogP contribution in [-0.4, -0.2) is 60.9 Å². The molecule has 3 rings (SSSR count). The van der Waals surface area contributed by atoms with E-state index in [9.17, 15) is 14.0 Å². The molecule has 0 bridgehead atoms. The van der Waals surface area contributed by atoms with E-state index in [-0.39, 0.29) is 29.8 Å². The lowest BCUT2D eigenvalue weighted by atomic mass is 10.0. The molecule has 1 aromatic rings. The maximum absolute atomic E-state index is 13.8. The fourth-order valence-corrected chi connectivity index (χ4v) is 3.62. The van der Waals surface area contributed by atoms with Gasteiger partial charge in [-0.1, -0.05) is 12.1 Å². The van der Waals surface area contributed by atoms with E-state index in [2.05, 4.69) is 5.32 Å². The van der Waals surface area contributed by atoms with E-state index in [1.54, 1.807) is 17.0 Å². The van der Waals surface area contributed by atoms with Crippen molar-refractivity contribution >= 4 is 24.2 Å². The monoisotopic (exact) mass is 383 g/mol. The van der Waals surface area contributed by atoms with Crippen LogP contribution in [0.4, 0.5) is 4.39 Å². The molecule has 0 aromatic heterocycles. The number of amides is 2. The van der Waals surface area contributed by atoms with Crippen LogP contribution >= 0.6 is 12.4 Å². The van der Waals surface area contributed by atoms with Crippen LogP contribution in [-0.2, 0) is 4.79 Å². The molecule has 2 aliphatic heterocycles. The minimum absolute atomic E-state index is 0. The van der Waals surface area contributed by atoms with Crippen molar-refractivity contribution in [2.75, 3.05) is 39.3 Å². The number of hydrogen-bond acceptors (Lipinski definition) is 3. The third-order valence-corrected chi connectivity index (χ3v) is 5.17. The Labute approximate surface area is 160 Å². The smallest absolute Gasteiger partial charge is 0.256 e. The van der Waals surface area contributed by atoms with Gasteiger partial charge >= 0.3 is 0 Å². The fourth-order valence-electron chi connectivity index (χ4n) is 3.62. The van der Waals surface area contributed by atoms with Crippen LogP contribution in [0.2, 0.25) is 0 Å². The van der Waals surface area contributed by atoms with Crippen molar-refractivity contribution in [1.29, 1.82) is 0 Å². The van der Waals surface area contributed by atoms with Crippen LogP contribution in [0, 0.1) is 11.7 Å². The van der Waals surface area contributed by atoms with Gasteiger partial charge in [0.1, 0.15) is 5.82 Å². The first-order valence-corrected chi connectivity index (χ1v) is 9.17. The lowest BCUT2D eigenvalue weighted by molar-refractivity contribution is -0.131. The van der Waals surface area contributed by atoms with Crippen LogP contribution in [0.15, 0.2) is 24.3 Å². The first-order valence-electron chi connectivity index (χ1n) is 9.17. The molecule has 1 aromatic carbocycles. The lowest BCUT2D eigenvalue weighted by Crippen LogP contribution is -2.37. The number of nitrogens with zero attached hydrogens (tertiary/aromatic N) is 2. The maximum atomic E-state index is 13.8. The zero-order valence-corrected chi connectivity index (χ0v) is 15.8. The van der Waals surface area contributed by atoms with E-state index < -0.39 is 5.82 Å². The highest BCUT2D eigenvalue weighted by Gasteiger charge is 2.25. The van der Waals surface area contributed by atoms with E-state index in [1.807, 2.05) is 4.90 Å². The standard InChI is InChI=1S/C19H26FN3O2.ClH/c20-17-5-2-1-4-16(17)19(25)23-11-3-10-22(12-13-23)18(24)7-6-15-8-9-21-14-15;/h1-2,4-5,15,21H,3,6-14H2;1H. The van der Waals surface area contributed by atoms with Gasteiger partial charge < -0.3 is 15.1 Å². The number of rotatable bonds is 4. The predicted octanol–water partition coefficient (Wildman–Crippen LogP) is 2.31. The van der Waals surface area contributed by atoms with Crippen LogP contribution < -0.4 is 5.32 Å². The van der Waals surface area contributed by atoms with Crippen LogP contribution in [0.25, 0.3) is 0 Å². The van der Waals surface area contributed by atoms with Gasteiger partial charge in [0.2, 0.25) is 5.91 Å². The Morgan fingerprint density at radius 2 is 1.85 bits per heavy atom. The second-order valence-electron chi connectivity index (χ2n) is 6.90. The van der Waals surface area contributed by atoms with Gasteiger partial charge in [-0.15, -0.1) is 12.4 Å². The number of benzene rings is 1. The van der Waals surface area contributed by atoms with Crippen LogP contribution in [0.3, 0.4) is 0 Å². The van der Waals surface area contributed by atoms with Gasteiger partial charge in [-0.25, -0.2) is 4.39 Å². The topological polar surface area (TPSA) is 52.7 Å². The summed E-state index contributed by atoms with van der Waals surface area (Å²) in [5, 5.41) is 3.32. The summed E-state index contributed by atoms with van der Waals surface area (Å²) in [6.07, 6.45) is 3.39. The average Bonchev–Trinajstić information content (AvgIpc) is 3.02. The second kappa shape index (κ2) is 9.88. The van der Waals surface area contributed by atoms with E-state index in [0.29, 0.717) is 38.5 Å². The third-order valence-electron chi connectivity index (χ3n) is 5.17. The molecule has 1 unspecified atom stereocenters. The number of carbonyl (C=O) groups excluding carboxylic acids is 2. The minimum Gasteiger partial charge on any atom is -0.341 e. The van der Waals surface area contributed by atoms with Gasteiger partial charge in [-0.2, -0.15) is 0 Å². The quantitative estimate of drug-likeness (QED) is 0.868. The molecule has 2 amide bonds. The van der Waals surface area contributed by atoms with Gasteiger partial charge in [0.05, 0.1) is 5.56 Å². The van der Waals surface area contributed by atoms with Crippen molar-refractivity contribution in [3.05, 3.63) is 35.6 Å². The number of halogens is 2. The van der Waals surface area contributed by atoms with E-state index in [4.69, 9.17) is 0 Å². The van der Waals surface area contributed by atoms with Crippen molar-refractivity contribution in [2.45, 2.75) is 25.7 Å². The largest absolute Gasteiger partial charge is 0.341 e. The Bertz CT molecular complexity index is 623. The number of hydrogen-bond donors (Lipinski definition) is 1. The Hall–Kier alpha value is -1.66. The Balaban J connectivity index is 0.00000243. The molecule has 0 spiro atoms. The molecule has 1 atom stereocenters. The van der Waals surface area contributed by atoms with Crippen molar-refractivity contribution < 1.29 is 14.0 Å². The Morgan fingerprint density at radius 3 is 2.58 bits per heavy atom. The lowest BCUT2D eigenvalue weighted by Gasteiger charge is -2.23. The highest BCUT2D eigenvalue weighted by molar-refractivity contribution is 5.94. The molecule has 2 heterocycles. The molecule has 0 saturated carbocycles. The molecule has 5 nitrogen and oxygen atoms in total. The molecule has 2 saturated heterocycles. The summed E-state index contributed by atoms with van der Waals surface area (Å²) < 4.78 is 13.8. The maximum Gasteiger partial charge on any atom is 0.256 e. The molecule has 2 fully saturated rings. The van der Waals surface area contributed by atoms with Crippen molar-refractivity contribution in [1.82, 2.24) is 15.1 Å². The molecular formula is C19H27ClFN3O2. The van der Waals surface area contributed by atoms with Gasteiger partial charge in [0.25, 0.3) is 5.91 Å². The molecule has 7 heteroatoms. The molecule has 1 N–H and O–H groups in total. The highest BCUT2D eigenvalue weighted by atomic mass is 35.5. The molecule has 0 radical (unpaired) electrons. The van der Waals surface area contributed by atoms with Gasteiger partial charge in [0, 0.05) is 32.6 Å². The third kappa shape index (κ3) is 5.17. The predicted molar refractivity (Wildman–Crippen MR) is 101 cm³/mol. The van der Waals surface area contributed by atoms with E-state index in [1.165, 1.54) is 12.1 Å². The first kappa shape index (κ1) is 20.6. The molecular weight excluding hydrogens is 357 g/mol. The average molecular weight is 384 g/mol. The Morgan fingerprint density at radius 1 is 1.12 bits per heavy atom. The molecule has 0 aliphatic carbocycles. The van der Waals surface area contributed by atoms with E-state index in [0.717, 1.165) is 32.4 Å². The van der Waals surface area contributed by atoms with Gasteiger partial charge in [-0.05, 0) is 50.4 Å². The summed E-state index contributed by atoms with van der Waals surface area (Å²) in [6.45, 7) is 4.28. The van der Waals surface area contributed by atoms with Crippen LogP contribution in [0.5, 0.6) is 0 Å². The molecule has 144 valence electrons. The molecule has 2 aliphatic rings. The van der Waals surface area contributed by atoms with Crippen LogP contribution in [0.1, 0.15) is 36.0 Å². The summed E-state index contributed by atoms with van der Waals surface area (Å²) in [7, 11) is 0. The highest BCUT2D eigenvalue weighted by Crippen LogP contribution is 2.17. The normalized spacial score (nSPS) is 20.4.